The summed E-state index contributed by atoms with van der Waals surface area (Å²) in [5, 5.41) is 7.55. The van der Waals surface area contributed by atoms with Crippen molar-refractivity contribution in [1.82, 2.24) is 0 Å². The van der Waals surface area contributed by atoms with Gasteiger partial charge in [0, 0.05) is 5.56 Å². The molecule has 34 heavy (non-hydrogen) atoms. The standard InChI is InChI=1S/C10H6ClF3O3.C10H7F3O4/c1-17-8-6(4-15)2-5(9(11)16)3-7(8)10(12,13)14;1-17-8-6(4-14)2-5(9(15)16)3-7(8)10(11,12)13/h2-4H,1H3;2-4H,1H3,(H,15,16). The number of carbonyl (C=O) groups is 4. The van der Waals surface area contributed by atoms with Crippen LogP contribution in [0.3, 0.4) is 0 Å². The SMILES string of the molecule is COc1c(C=O)cc(C(=O)Cl)cc1C(F)(F)F.COc1c(C=O)cc(C(=O)O)cc1C(F)(F)F. The first kappa shape index (κ1) is 28.4. The number of carboxylic acid groups (broad SMARTS) is 1. The van der Waals surface area contributed by atoms with Gasteiger partial charge in [0.05, 0.1) is 42.0 Å². The number of hydrogen-bond donors (Lipinski definition) is 1. The molecule has 1 N–H and O–H groups in total. The van der Waals surface area contributed by atoms with Crippen molar-refractivity contribution in [2.45, 2.75) is 12.4 Å². The number of methoxy groups -OCH3 is 2. The van der Waals surface area contributed by atoms with E-state index in [1.54, 1.807) is 0 Å². The maximum absolute atomic E-state index is 12.6. The molecular formula is C20H13ClF6O7. The molecule has 0 bridgehead atoms. The van der Waals surface area contributed by atoms with Gasteiger partial charge in [-0.15, -0.1) is 0 Å². The number of ether oxygens (including phenoxy) is 2. The van der Waals surface area contributed by atoms with E-state index < -0.39 is 62.9 Å². The fourth-order valence-electron chi connectivity index (χ4n) is 2.59. The van der Waals surface area contributed by atoms with Gasteiger partial charge in [-0.25, -0.2) is 4.79 Å². The highest BCUT2D eigenvalue weighted by molar-refractivity contribution is 6.67. The summed E-state index contributed by atoms with van der Waals surface area (Å²) in [5.74, 6) is -2.87. The summed E-state index contributed by atoms with van der Waals surface area (Å²) < 4.78 is 84.8. The molecule has 2 aromatic rings. The number of carbonyl (C=O) groups excluding carboxylic acids is 3. The number of carboxylic acids is 1. The van der Waals surface area contributed by atoms with Gasteiger partial charge in [0.2, 0.25) is 0 Å². The minimum absolute atomic E-state index is 0.112. The van der Waals surface area contributed by atoms with Gasteiger partial charge in [0.25, 0.3) is 5.24 Å². The average Bonchev–Trinajstić information content (AvgIpc) is 2.75. The summed E-state index contributed by atoms with van der Waals surface area (Å²) in [5.41, 5.74) is -4.39. The quantitative estimate of drug-likeness (QED) is 0.323. The van der Waals surface area contributed by atoms with E-state index in [1.165, 1.54) is 0 Å². The third kappa shape index (κ3) is 6.70. The second kappa shape index (κ2) is 11.0. The summed E-state index contributed by atoms with van der Waals surface area (Å²) in [6, 6.07) is 2.73. The van der Waals surface area contributed by atoms with Crippen LogP contribution in [0.25, 0.3) is 0 Å². The van der Waals surface area contributed by atoms with Crippen LogP contribution in [0, 0.1) is 0 Å². The van der Waals surface area contributed by atoms with E-state index in [0.717, 1.165) is 26.4 Å². The molecule has 0 aliphatic carbocycles. The van der Waals surface area contributed by atoms with Crippen LogP contribution in [0.15, 0.2) is 24.3 Å². The van der Waals surface area contributed by atoms with Crippen molar-refractivity contribution in [3.05, 3.63) is 57.6 Å². The Hall–Kier alpha value is -3.61. The Kier molecular flexibility index (Phi) is 9.20. The van der Waals surface area contributed by atoms with Gasteiger partial charge in [0.1, 0.15) is 11.5 Å². The average molecular weight is 515 g/mol. The molecule has 0 saturated heterocycles. The summed E-state index contributed by atoms with van der Waals surface area (Å²) in [7, 11) is 1.97. The van der Waals surface area contributed by atoms with E-state index in [2.05, 4.69) is 9.47 Å². The fourth-order valence-corrected chi connectivity index (χ4v) is 2.70. The molecule has 0 heterocycles. The van der Waals surface area contributed by atoms with Crippen LogP contribution in [0.2, 0.25) is 0 Å². The molecule has 0 aliphatic rings. The number of hydrogen-bond acceptors (Lipinski definition) is 6. The lowest BCUT2D eigenvalue weighted by molar-refractivity contribution is -0.139. The predicted octanol–water partition coefficient (Wildman–Crippen LogP) is 5.13. The van der Waals surface area contributed by atoms with E-state index in [-0.39, 0.29) is 18.1 Å². The van der Waals surface area contributed by atoms with Crippen molar-refractivity contribution in [3.8, 4) is 11.5 Å². The molecular weight excluding hydrogens is 502 g/mol. The highest BCUT2D eigenvalue weighted by Crippen LogP contribution is 2.39. The Labute approximate surface area is 191 Å². The Bertz CT molecular complexity index is 1020. The molecule has 0 atom stereocenters. The van der Waals surface area contributed by atoms with Gasteiger partial charge in [-0.1, -0.05) is 0 Å². The molecule has 0 saturated carbocycles. The minimum atomic E-state index is -4.80. The van der Waals surface area contributed by atoms with Crippen molar-refractivity contribution < 1.29 is 60.1 Å². The highest BCUT2D eigenvalue weighted by Gasteiger charge is 2.37. The number of aldehydes is 2. The van der Waals surface area contributed by atoms with Crippen LogP contribution in [-0.4, -0.2) is 43.1 Å². The Morgan fingerprint density at radius 2 is 1.15 bits per heavy atom. The third-order valence-corrected chi connectivity index (χ3v) is 4.20. The lowest BCUT2D eigenvalue weighted by Gasteiger charge is -2.14. The van der Waals surface area contributed by atoms with Crippen LogP contribution in [-0.2, 0) is 12.4 Å². The van der Waals surface area contributed by atoms with Crippen molar-refractivity contribution in [1.29, 1.82) is 0 Å². The van der Waals surface area contributed by atoms with Crippen molar-refractivity contribution in [3.63, 3.8) is 0 Å². The lowest BCUT2D eigenvalue weighted by atomic mass is 10.0. The molecule has 0 radical (unpaired) electrons. The van der Waals surface area contributed by atoms with Gasteiger partial charge in [0.15, 0.2) is 12.6 Å². The second-order valence-electron chi connectivity index (χ2n) is 6.10. The Balaban J connectivity index is 0.000000340. The van der Waals surface area contributed by atoms with Gasteiger partial charge in [-0.05, 0) is 35.9 Å². The van der Waals surface area contributed by atoms with Gasteiger partial charge >= 0.3 is 18.3 Å². The molecule has 14 heteroatoms. The van der Waals surface area contributed by atoms with Crippen LogP contribution < -0.4 is 9.47 Å². The van der Waals surface area contributed by atoms with Gasteiger partial charge < -0.3 is 14.6 Å². The molecule has 2 aromatic carbocycles. The topological polar surface area (TPSA) is 107 Å². The van der Waals surface area contributed by atoms with E-state index >= 15 is 0 Å². The van der Waals surface area contributed by atoms with Crippen molar-refractivity contribution in [2.24, 2.45) is 0 Å². The third-order valence-electron chi connectivity index (χ3n) is 3.98. The number of alkyl halides is 6. The predicted molar refractivity (Wildman–Crippen MR) is 104 cm³/mol. The summed E-state index contributed by atoms with van der Waals surface area (Å²) in [4.78, 5) is 42.7. The summed E-state index contributed by atoms with van der Waals surface area (Å²) >= 11 is 5.09. The molecule has 0 amide bonds. The Morgan fingerprint density at radius 1 is 0.794 bits per heavy atom. The van der Waals surface area contributed by atoms with Crippen molar-refractivity contribution in [2.75, 3.05) is 14.2 Å². The number of benzene rings is 2. The zero-order valence-electron chi connectivity index (χ0n) is 17.0. The van der Waals surface area contributed by atoms with Crippen LogP contribution >= 0.6 is 11.6 Å². The first-order valence-electron chi connectivity index (χ1n) is 8.54. The van der Waals surface area contributed by atoms with E-state index in [4.69, 9.17) is 16.7 Å². The van der Waals surface area contributed by atoms with Crippen LogP contribution in [0.5, 0.6) is 11.5 Å². The molecule has 0 aliphatic heterocycles. The van der Waals surface area contributed by atoms with Crippen molar-refractivity contribution >= 4 is 35.4 Å². The minimum Gasteiger partial charge on any atom is -0.495 e. The maximum atomic E-state index is 12.6. The van der Waals surface area contributed by atoms with E-state index in [1.807, 2.05) is 0 Å². The van der Waals surface area contributed by atoms with Gasteiger partial charge in [-0.3, -0.25) is 14.4 Å². The molecule has 0 unspecified atom stereocenters. The maximum Gasteiger partial charge on any atom is 0.420 e. The molecule has 0 fully saturated rings. The summed E-state index contributed by atoms with van der Waals surface area (Å²) in [6.07, 6.45) is -9.27. The molecule has 184 valence electrons. The molecule has 0 spiro atoms. The summed E-state index contributed by atoms with van der Waals surface area (Å²) in [6.45, 7) is 0. The molecule has 2 rings (SSSR count). The Morgan fingerprint density at radius 3 is 1.41 bits per heavy atom. The monoisotopic (exact) mass is 514 g/mol. The molecule has 0 aromatic heterocycles. The number of halogens is 7. The first-order chi connectivity index (χ1) is 15.6. The zero-order chi connectivity index (χ0) is 26.4. The normalized spacial score (nSPS) is 11.1. The number of aromatic carboxylic acids is 1. The largest absolute Gasteiger partial charge is 0.495 e. The molecule has 7 nitrogen and oxygen atoms in total. The fraction of sp³-hybridized carbons (Fsp3) is 0.200. The highest BCUT2D eigenvalue weighted by atomic mass is 35.5. The lowest BCUT2D eigenvalue weighted by Crippen LogP contribution is -2.11. The smallest absolute Gasteiger partial charge is 0.420 e. The van der Waals surface area contributed by atoms with Crippen LogP contribution in [0.4, 0.5) is 26.3 Å². The van der Waals surface area contributed by atoms with E-state index in [9.17, 15) is 45.5 Å². The zero-order valence-corrected chi connectivity index (χ0v) is 17.8. The van der Waals surface area contributed by atoms with Crippen LogP contribution in [0.1, 0.15) is 52.6 Å². The second-order valence-corrected chi connectivity index (χ2v) is 6.45. The van der Waals surface area contributed by atoms with E-state index in [0.29, 0.717) is 12.1 Å². The van der Waals surface area contributed by atoms with Gasteiger partial charge in [-0.2, -0.15) is 26.3 Å². The first-order valence-corrected chi connectivity index (χ1v) is 8.92. The number of rotatable bonds is 6.